The number of hydrogen-bond donors (Lipinski definition) is 2. The molecule has 3 aromatic carbocycles. The van der Waals surface area contributed by atoms with Crippen molar-refractivity contribution in [2.45, 2.75) is 19.6 Å². The number of hydrogen-bond acceptors (Lipinski definition) is 4. The summed E-state index contributed by atoms with van der Waals surface area (Å²) in [5.41, 5.74) is 2.31. The van der Waals surface area contributed by atoms with Crippen LogP contribution in [-0.2, 0) is 19.6 Å². The molecule has 0 aliphatic rings. The van der Waals surface area contributed by atoms with Crippen LogP contribution in [0.2, 0.25) is 0 Å². The predicted octanol–water partition coefficient (Wildman–Crippen LogP) is 3.84. The van der Waals surface area contributed by atoms with Crippen molar-refractivity contribution in [3.63, 3.8) is 0 Å². The molecule has 1 heterocycles. The van der Waals surface area contributed by atoms with Gasteiger partial charge in [0, 0.05) is 13.1 Å². The fraction of sp³-hybridized carbons (Fsp3) is 0.160. The van der Waals surface area contributed by atoms with Gasteiger partial charge in [-0.05, 0) is 35.4 Å². The molecule has 7 nitrogen and oxygen atoms in total. The second-order valence-electron chi connectivity index (χ2n) is 7.38. The van der Waals surface area contributed by atoms with E-state index in [4.69, 9.17) is 4.74 Å². The molecule has 0 unspecified atom stereocenters. The van der Waals surface area contributed by atoms with E-state index in [1.807, 2.05) is 60.7 Å². The molecule has 0 bridgehead atoms. The lowest BCUT2D eigenvalue weighted by Crippen LogP contribution is -2.39. The number of carbonyl (C=O) groups excluding carboxylic acids is 1. The Morgan fingerprint density at radius 2 is 1.66 bits per heavy atom. The number of nitrogens with one attached hydrogen (secondary N) is 2. The number of para-hydroxylation sites is 1. The van der Waals surface area contributed by atoms with E-state index >= 15 is 0 Å². The zero-order valence-corrected chi connectivity index (χ0v) is 17.7. The summed E-state index contributed by atoms with van der Waals surface area (Å²) in [6.07, 6.45) is 0. The molecule has 1 aromatic heterocycles. The van der Waals surface area contributed by atoms with Crippen LogP contribution < -0.4 is 15.6 Å². The number of benzene rings is 3. The Kier molecular flexibility index (Phi) is 6.46. The van der Waals surface area contributed by atoms with Gasteiger partial charge in [-0.3, -0.25) is 4.79 Å². The Morgan fingerprint density at radius 3 is 2.41 bits per heavy atom. The highest BCUT2D eigenvalue weighted by molar-refractivity contribution is 5.77. The second-order valence-corrected chi connectivity index (χ2v) is 7.38. The van der Waals surface area contributed by atoms with E-state index in [1.54, 1.807) is 30.2 Å². The zero-order valence-electron chi connectivity index (χ0n) is 17.7. The molecule has 4 aromatic rings. The van der Waals surface area contributed by atoms with Gasteiger partial charge in [-0.25, -0.2) is 9.78 Å². The number of methoxy groups -OCH3 is 1. The Labute approximate surface area is 185 Å². The molecule has 0 aliphatic heterocycles. The van der Waals surface area contributed by atoms with Gasteiger partial charge in [0.05, 0.1) is 24.6 Å². The van der Waals surface area contributed by atoms with Crippen LogP contribution in [0.5, 0.6) is 5.75 Å². The molecule has 0 atom stereocenters. The average molecular weight is 428 g/mol. The Morgan fingerprint density at radius 1 is 0.938 bits per heavy atom. The molecular formula is C25H24N4O3. The first kappa shape index (κ1) is 21.1. The number of H-pyrrole nitrogens is 1. The first-order valence-corrected chi connectivity index (χ1v) is 10.3. The summed E-state index contributed by atoms with van der Waals surface area (Å²) in [6, 6.07) is 24.1. The molecule has 2 amide bonds. The van der Waals surface area contributed by atoms with Crippen LogP contribution in [0.3, 0.4) is 0 Å². The van der Waals surface area contributed by atoms with Crippen molar-refractivity contribution in [2.75, 3.05) is 7.11 Å². The lowest BCUT2D eigenvalue weighted by Gasteiger charge is -2.23. The van der Waals surface area contributed by atoms with Crippen LogP contribution in [0.1, 0.15) is 17.0 Å². The lowest BCUT2D eigenvalue weighted by atomic mass is 10.2. The molecule has 162 valence electrons. The van der Waals surface area contributed by atoms with Crippen molar-refractivity contribution in [3.8, 4) is 5.75 Å². The molecule has 32 heavy (non-hydrogen) atoms. The Balaban J connectivity index is 1.57. The van der Waals surface area contributed by atoms with Crippen LogP contribution in [0.4, 0.5) is 4.79 Å². The highest BCUT2D eigenvalue weighted by Gasteiger charge is 2.17. The van der Waals surface area contributed by atoms with E-state index in [-0.39, 0.29) is 18.1 Å². The van der Waals surface area contributed by atoms with Gasteiger partial charge in [0.2, 0.25) is 0 Å². The van der Waals surface area contributed by atoms with Gasteiger partial charge in [-0.2, -0.15) is 0 Å². The van der Waals surface area contributed by atoms with Gasteiger partial charge in [-0.1, -0.05) is 54.6 Å². The second kappa shape index (κ2) is 9.78. The summed E-state index contributed by atoms with van der Waals surface area (Å²) < 4.78 is 5.22. The van der Waals surface area contributed by atoms with Gasteiger partial charge in [0.15, 0.2) is 0 Å². The van der Waals surface area contributed by atoms with Crippen LogP contribution in [0.15, 0.2) is 83.7 Å². The minimum atomic E-state index is -0.250. The largest absolute Gasteiger partial charge is 0.497 e. The van der Waals surface area contributed by atoms with Crippen LogP contribution in [0, 0.1) is 0 Å². The monoisotopic (exact) mass is 428 g/mol. The molecule has 0 fully saturated rings. The van der Waals surface area contributed by atoms with E-state index in [9.17, 15) is 9.59 Å². The molecule has 0 aliphatic carbocycles. The summed E-state index contributed by atoms with van der Waals surface area (Å²) in [5, 5.41) is 3.48. The third-order valence-electron chi connectivity index (χ3n) is 5.11. The zero-order chi connectivity index (χ0) is 22.3. The summed E-state index contributed by atoms with van der Waals surface area (Å²) in [6.45, 7) is 0.911. The van der Waals surface area contributed by atoms with Crippen molar-refractivity contribution in [3.05, 3.63) is 106 Å². The minimum Gasteiger partial charge on any atom is -0.497 e. The van der Waals surface area contributed by atoms with Gasteiger partial charge in [0.25, 0.3) is 5.56 Å². The van der Waals surface area contributed by atoms with Gasteiger partial charge >= 0.3 is 6.03 Å². The van der Waals surface area contributed by atoms with Crippen LogP contribution >= 0.6 is 0 Å². The van der Waals surface area contributed by atoms with Gasteiger partial charge in [0.1, 0.15) is 11.6 Å². The molecule has 7 heteroatoms. The topological polar surface area (TPSA) is 87.3 Å². The van der Waals surface area contributed by atoms with Crippen LogP contribution in [-0.4, -0.2) is 28.0 Å². The first-order valence-electron chi connectivity index (χ1n) is 10.3. The van der Waals surface area contributed by atoms with Crippen molar-refractivity contribution in [2.24, 2.45) is 0 Å². The quantitative estimate of drug-likeness (QED) is 0.468. The number of aromatic nitrogens is 2. The summed E-state index contributed by atoms with van der Waals surface area (Å²) in [7, 11) is 1.61. The van der Waals surface area contributed by atoms with E-state index in [0.717, 1.165) is 16.9 Å². The summed E-state index contributed by atoms with van der Waals surface area (Å²) >= 11 is 0. The molecule has 0 saturated heterocycles. The normalized spacial score (nSPS) is 10.7. The van der Waals surface area contributed by atoms with Gasteiger partial charge in [-0.15, -0.1) is 0 Å². The number of nitrogens with zero attached hydrogens (tertiary/aromatic N) is 2. The van der Waals surface area contributed by atoms with Crippen molar-refractivity contribution < 1.29 is 9.53 Å². The number of carbonyl (C=O) groups is 1. The van der Waals surface area contributed by atoms with E-state index in [0.29, 0.717) is 29.8 Å². The van der Waals surface area contributed by atoms with Gasteiger partial charge < -0.3 is 19.9 Å². The maximum atomic E-state index is 13.1. The minimum absolute atomic E-state index is 0.159. The van der Waals surface area contributed by atoms with E-state index in [2.05, 4.69) is 15.3 Å². The first-order chi connectivity index (χ1) is 15.6. The predicted molar refractivity (Wildman–Crippen MR) is 123 cm³/mol. The number of rotatable bonds is 7. The Bertz CT molecular complexity index is 1250. The molecule has 0 radical (unpaired) electrons. The average Bonchev–Trinajstić information content (AvgIpc) is 2.83. The third kappa shape index (κ3) is 5.13. The lowest BCUT2D eigenvalue weighted by molar-refractivity contribution is 0.190. The third-order valence-corrected chi connectivity index (χ3v) is 5.11. The number of fused-ring (bicyclic) bond motifs is 1. The fourth-order valence-corrected chi connectivity index (χ4v) is 3.43. The highest BCUT2D eigenvalue weighted by Crippen LogP contribution is 2.15. The standard InChI is InChI=1S/C25H24N4O3/c1-32-20-13-11-19(12-14-20)16-29(25(31)26-15-18-7-3-2-4-8-18)17-23-27-22-10-6-5-9-21(22)24(30)28-23/h2-14H,15-17H2,1H3,(H,26,31)(H,27,28,30). The van der Waals surface area contributed by atoms with E-state index < -0.39 is 0 Å². The maximum Gasteiger partial charge on any atom is 0.318 e. The number of aromatic amines is 1. The summed E-state index contributed by atoms with van der Waals surface area (Å²) in [4.78, 5) is 34.5. The number of ether oxygens (including phenoxy) is 1. The summed E-state index contributed by atoms with van der Waals surface area (Å²) in [5.74, 6) is 1.17. The molecular weight excluding hydrogens is 404 g/mol. The van der Waals surface area contributed by atoms with Crippen molar-refractivity contribution >= 4 is 16.9 Å². The fourth-order valence-electron chi connectivity index (χ4n) is 3.43. The smallest absolute Gasteiger partial charge is 0.318 e. The molecule has 4 rings (SSSR count). The van der Waals surface area contributed by atoms with Crippen LogP contribution in [0.25, 0.3) is 10.9 Å². The van der Waals surface area contributed by atoms with Crippen molar-refractivity contribution in [1.29, 1.82) is 0 Å². The highest BCUT2D eigenvalue weighted by atomic mass is 16.5. The number of urea groups is 1. The van der Waals surface area contributed by atoms with E-state index in [1.165, 1.54) is 0 Å². The molecule has 0 saturated carbocycles. The van der Waals surface area contributed by atoms with Crippen molar-refractivity contribution in [1.82, 2.24) is 20.2 Å². The number of amides is 2. The maximum absolute atomic E-state index is 13.1. The molecule has 2 N–H and O–H groups in total. The molecule has 0 spiro atoms. The SMILES string of the molecule is COc1ccc(CN(Cc2nc3ccccc3c(=O)[nH]2)C(=O)NCc2ccccc2)cc1. The Hall–Kier alpha value is -4.13.